The van der Waals surface area contributed by atoms with E-state index in [2.05, 4.69) is 4.98 Å². The van der Waals surface area contributed by atoms with Gasteiger partial charge in [0, 0.05) is 6.20 Å². The van der Waals surface area contributed by atoms with Gasteiger partial charge in [-0.3, -0.25) is 4.98 Å². The molecular weight excluding hydrogens is 256 g/mol. The predicted octanol–water partition coefficient (Wildman–Crippen LogP) is 2.16. The second-order valence-corrected chi connectivity index (χ2v) is 4.21. The Morgan fingerprint density at radius 1 is 1.00 bits per heavy atom. The molecule has 1 unspecified atom stereocenters. The molecule has 1 atom stereocenters. The van der Waals surface area contributed by atoms with Gasteiger partial charge in [0.15, 0.2) is 0 Å². The number of benzene rings is 1. The van der Waals surface area contributed by atoms with Crippen LogP contribution in [0.15, 0.2) is 36.7 Å². The van der Waals surface area contributed by atoms with E-state index >= 15 is 0 Å². The Labute approximate surface area is 118 Å². The highest BCUT2D eigenvalue weighted by Gasteiger charge is 2.19. The lowest BCUT2D eigenvalue weighted by molar-refractivity contribution is 0.382. The van der Waals surface area contributed by atoms with Crippen LogP contribution >= 0.6 is 0 Å². The van der Waals surface area contributed by atoms with Crippen LogP contribution in [0.3, 0.4) is 0 Å². The lowest BCUT2D eigenvalue weighted by Crippen LogP contribution is -2.14. The van der Waals surface area contributed by atoms with E-state index in [1.54, 1.807) is 33.7 Å². The fourth-order valence-corrected chi connectivity index (χ4v) is 2.07. The van der Waals surface area contributed by atoms with E-state index in [1.165, 1.54) is 0 Å². The average molecular weight is 274 g/mol. The highest BCUT2D eigenvalue weighted by atomic mass is 16.5. The second-order valence-electron chi connectivity index (χ2n) is 4.21. The summed E-state index contributed by atoms with van der Waals surface area (Å²) in [6.07, 6.45) is 3.34. The van der Waals surface area contributed by atoms with Crippen molar-refractivity contribution in [2.45, 2.75) is 6.04 Å². The van der Waals surface area contributed by atoms with Crippen LogP contribution in [0.5, 0.6) is 17.2 Å². The van der Waals surface area contributed by atoms with Gasteiger partial charge in [-0.25, -0.2) is 0 Å². The summed E-state index contributed by atoms with van der Waals surface area (Å²) < 4.78 is 15.9. The van der Waals surface area contributed by atoms with Crippen molar-refractivity contribution in [3.05, 3.63) is 47.8 Å². The van der Waals surface area contributed by atoms with Crippen molar-refractivity contribution in [2.24, 2.45) is 5.73 Å². The van der Waals surface area contributed by atoms with Crippen molar-refractivity contribution in [3.8, 4) is 17.2 Å². The summed E-state index contributed by atoms with van der Waals surface area (Å²) in [5.41, 5.74) is 7.95. The van der Waals surface area contributed by atoms with Gasteiger partial charge in [-0.1, -0.05) is 6.07 Å². The van der Waals surface area contributed by atoms with Crippen LogP contribution in [0, 0.1) is 0 Å². The second kappa shape index (κ2) is 6.25. The minimum atomic E-state index is -0.413. The van der Waals surface area contributed by atoms with Crippen molar-refractivity contribution >= 4 is 0 Å². The molecule has 1 heterocycles. The van der Waals surface area contributed by atoms with Gasteiger partial charge in [0.2, 0.25) is 0 Å². The van der Waals surface area contributed by atoms with Crippen LogP contribution < -0.4 is 19.9 Å². The summed E-state index contributed by atoms with van der Waals surface area (Å²) in [5, 5.41) is 0. The topological polar surface area (TPSA) is 66.6 Å². The van der Waals surface area contributed by atoms with Gasteiger partial charge in [-0.15, -0.1) is 0 Å². The fraction of sp³-hybridized carbons (Fsp3) is 0.267. The quantitative estimate of drug-likeness (QED) is 0.905. The Hall–Kier alpha value is -2.27. The van der Waals surface area contributed by atoms with E-state index in [9.17, 15) is 0 Å². The normalized spacial score (nSPS) is 11.8. The summed E-state index contributed by atoms with van der Waals surface area (Å²) in [4.78, 5) is 4.13. The fourth-order valence-electron chi connectivity index (χ4n) is 2.07. The molecule has 1 aromatic carbocycles. The highest BCUT2D eigenvalue weighted by molar-refractivity contribution is 5.50. The smallest absolute Gasteiger partial charge is 0.137 e. The first kappa shape index (κ1) is 14.1. The molecule has 20 heavy (non-hydrogen) atoms. The zero-order valence-electron chi connectivity index (χ0n) is 11.8. The maximum absolute atomic E-state index is 6.34. The van der Waals surface area contributed by atoms with Crippen LogP contribution in [0.1, 0.15) is 17.2 Å². The molecule has 0 saturated heterocycles. The molecule has 5 heteroatoms. The number of nitrogens with two attached hydrogens (primary N) is 1. The predicted molar refractivity (Wildman–Crippen MR) is 76.4 cm³/mol. The molecule has 1 aromatic heterocycles. The Bertz CT molecular complexity index is 565. The maximum Gasteiger partial charge on any atom is 0.137 e. The number of hydrogen-bond donors (Lipinski definition) is 1. The first-order valence-electron chi connectivity index (χ1n) is 6.16. The molecule has 0 saturated carbocycles. The van der Waals surface area contributed by atoms with Gasteiger partial charge in [-0.2, -0.15) is 0 Å². The van der Waals surface area contributed by atoms with Crippen LogP contribution in [-0.4, -0.2) is 26.3 Å². The molecule has 106 valence electrons. The lowest BCUT2D eigenvalue weighted by atomic mass is 9.99. The molecule has 0 aliphatic rings. The third kappa shape index (κ3) is 2.67. The van der Waals surface area contributed by atoms with Gasteiger partial charge in [0.1, 0.15) is 17.2 Å². The van der Waals surface area contributed by atoms with Crippen molar-refractivity contribution in [3.63, 3.8) is 0 Å². The summed E-state index contributed by atoms with van der Waals surface area (Å²) in [6.45, 7) is 0. The zero-order valence-corrected chi connectivity index (χ0v) is 11.8. The van der Waals surface area contributed by atoms with E-state index in [4.69, 9.17) is 19.9 Å². The Morgan fingerprint density at radius 3 is 2.20 bits per heavy atom. The molecule has 0 aliphatic carbocycles. The largest absolute Gasteiger partial charge is 0.496 e. The van der Waals surface area contributed by atoms with Gasteiger partial charge in [-0.05, 0) is 23.8 Å². The van der Waals surface area contributed by atoms with E-state index < -0.39 is 6.04 Å². The summed E-state index contributed by atoms with van der Waals surface area (Å²) in [7, 11) is 4.81. The minimum Gasteiger partial charge on any atom is -0.496 e. The lowest BCUT2D eigenvalue weighted by Gasteiger charge is -2.19. The number of aromatic nitrogens is 1. The molecule has 5 nitrogen and oxygen atoms in total. The number of methoxy groups -OCH3 is 3. The van der Waals surface area contributed by atoms with Crippen LogP contribution in [-0.2, 0) is 0 Å². The molecule has 0 bridgehead atoms. The first-order valence-corrected chi connectivity index (χ1v) is 6.16. The van der Waals surface area contributed by atoms with Crippen molar-refractivity contribution in [1.82, 2.24) is 4.98 Å². The van der Waals surface area contributed by atoms with Crippen LogP contribution in [0.2, 0.25) is 0 Å². The Balaban J connectivity index is 2.49. The average Bonchev–Trinajstić information content (AvgIpc) is 2.53. The molecule has 2 rings (SSSR count). The van der Waals surface area contributed by atoms with E-state index in [-0.39, 0.29) is 0 Å². The molecule has 0 amide bonds. The van der Waals surface area contributed by atoms with Gasteiger partial charge in [0.25, 0.3) is 0 Å². The first-order chi connectivity index (χ1) is 9.71. The van der Waals surface area contributed by atoms with Crippen molar-refractivity contribution in [1.29, 1.82) is 0 Å². The van der Waals surface area contributed by atoms with Crippen molar-refractivity contribution in [2.75, 3.05) is 21.3 Å². The highest BCUT2D eigenvalue weighted by Crippen LogP contribution is 2.36. The molecular formula is C15H18N2O3. The van der Waals surface area contributed by atoms with Gasteiger partial charge < -0.3 is 19.9 Å². The Kier molecular flexibility index (Phi) is 4.42. The van der Waals surface area contributed by atoms with Crippen LogP contribution in [0.4, 0.5) is 0 Å². The number of ether oxygens (including phenoxy) is 3. The van der Waals surface area contributed by atoms with Gasteiger partial charge in [0.05, 0.1) is 39.1 Å². The number of pyridine rings is 1. The maximum atomic E-state index is 6.34. The van der Waals surface area contributed by atoms with E-state index in [0.29, 0.717) is 17.2 Å². The molecule has 2 aromatic rings. The molecule has 2 N–H and O–H groups in total. The number of hydrogen-bond acceptors (Lipinski definition) is 5. The summed E-state index contributed by atoms with van der Waals surface area (Å²) in [5.74, 6) is 2.02. The third-order valence-electron chi connectivity index (χ3n) is 3.11. The molecule has 0 radical (unpaired) electrons. The third-order valence-corrected chi connectivity index (χ3v) is 3.11. The summed E-state index contributed by atoms with van der Waals surface area (Å²) >= 11 is 0. The molecule has 0 spiro atoms. The molecule has 0 aliphatic heterocycles. The SMILES string of the molecule is COc1cncc(C(N)c2c(OC)cccc2OC)c1. The summed E-state index contributed by atoms with van der Waals surface area (Å²) in [6, 6.07) is 7.00. The van der Waals surface area contributed by atoms with Crippen LogP contribution in [0.25, 0.3) is 0 Å². The monoisotopic (exact) mass is 274 g/mol. The van der Waals surface area contributed by atoms with Crippen molar-refractivity contribution < 1.29 is 14.2 Å². The van der Waals surface area contributed by atoms with Gasteiger partial charge >= 0.3 is 0 Å². The van der Waals surface area contributed by atoms with E-state index in [1.807, 2.05) is 24.3 Å². The number of nitrogens with zero attached hydrogens (tertiary/aromatic N) is 1. The minimum absolute atomic E-state index is 0.413. The Morgan fingerprint density at radius 2 is 1.65 bits per heavy atom. The standard InChI is InChI=1S/C15H18N2O3/c1-18-11-7-10(8-17-9-11)15(16)14-12(19-2)5-4-6-13(14)20-3/h4-9,15H,16H2,1-3H3. The number of rotatable bonds is 5. The zero-order chi connectivity index (χ0) is 14.5. The van der Waals surface area contributed by atoms with E-state index in [0.717, 1.165) is 11.1 Å². The molecule has 0 fully saturated rings.